The summed E-state index contributed by atoms with van der Waals surface area (Å²) in [5.41, 5.74) is 2.94. The van der Waals surface area contributed by atoms with Gasteiger partial charge in [0.05, 0.1) is 15.6 Å². The molecule has 0 spiro atoms. The molecule has 1 aromatic heterocycles. The van der Waals surface area contributed by atoms with Gasteiger partial charge in [-0.1, -0.05) is 46.4 Å². The zero-order chi connectivity index (χ0) is 20.9. The summed E-state index contributed by atoms with van der Waals surface area (Å²) >= 11 is 24.8. The van der Waals surface area contributed by atoms with Crippen molar-refractivity contribution in [3.63, 3.8) is 0 Å². The minimum Gasteiger partial charge on any atom is -0.313 e. The summed E-state index contributed by atoms with van der Waals surface area (Å²) in [4.78, 5) is 0.00378. The van der Waals surface area contributed by atoms with E-state index in [0.29, 0.717) is 21.3 Å². The molecule has 0 saturated heterocycles. The van der Waals surface area contributed by atoms with Crippen LogP contribution in [0.25, 0.3) is 11.3 Å². The highest BCUT2D eigenvalue weighted by molar-refractivity contribution is 7.90. The van der Waals surface area contributed by atoms with E-state index in [1.165, 1.54) is 22.2 Å². The number of hydrogen-bond acceptors (Lipinski definition) is 3. The molecule has 0 fully saturated rings. The second kappa shape index (κ2) is 7.80. The summed E-state index contributed by atoms with van der Waals surface area (Å²) in [6, 6.07) is 9.33. The number of fused-ring (bicyclic) bond motifs is 1. The van der Waals surface area contributed by atoms with Crippen LogP contribution in [0.3, 0.4) is 0 Å². The van der Waals surface area contributed by atoms with E-state index >= 15 is 0 Å². The Labute approximate surface area is 189 Å². The summed E-state index contributed by atoms with van der Waals surface area (Å²) in [5.74, 6) is 0. The van der Waals surface area contributed by atoms with Crippen molar-refractivity contribution in [2.24, 2.45) is 0 Å². The van der Waals surface area contributed by atoms with Gasteiger partial charge in [-0.15, -0.1) is 0 Å². The molecule has 0 saturated carbocycles. The van der Waals surface area contributed by atoms with Gasteiger partial charge in [0, 0.05) is 32.9 Å². The van der Waals surface area contributed by atoms with E-state index in [-0.39, 0.29) is 21.0 Å². The molecule has 0 aliphatic heterocycles. The SMILES string of the molecule is CNC1CCc2c1cn(S(=O)(=O)c1cc(Cl)cc(Cl)c1)c2-c1cc(Cl)ccc1Cl. The monoisotopic (exact) mass is 488 g/mol. The fourth-order valence-electron chi connectivity index (χ4n) is 3.79. The van der Waals surface area contributed by atoms with Crippen molar-refractivity contribution >= 4 is 56.4 Å². The van der Waals surface area contributed by atoms with E-state index in [2.05, 4.69) is 5.32 Å². The maximum absolute atomic E-state index is 13.6. The van der Waals surface area contributed by atoms with Crippen LogP contribution in [0.5, 0.6) is 0 Å². The molecular weight excluding hydrogens is 474 g/mol. The molecule has 1 atom stereocenters. The molecule has 0 bridgehead atoms. The van der Waals surface area contributed by atoms with Gasteiger partial charge in [-0.3, -0.25) is 0 Å². The van der Waals surface area contributed by atoms with Crippen LogP contribution < -0.4 is 5.32 Å². The second-order valence-electron chi connectivity index (χ2n) is 6.82. The quantitative estimate of drug-likeness (QED) is 0.473. The smallest absolute Gasteiger partial charge is 0.268 e. The van der Waals surface area contributed by atoms with Gasteiger partial charge in [0.15, 0.2) is 0 Å². The molecule has 152 valence electrons. The zero-order valence-corrected chi connectivity index (χ0v) is 19.1. The Morgan fingerprint density at radius 2 is 1.69 bits per heavy atom. The molecule has 1 aliphatic rings. The molecular formula is C20H16Cl4N2O2S. The van der Waals surface area contributed by atoms with Gasteiger partial charge in [0.25, 0.3) is 10.0 Å². The standard InChI is InChI=1S/C20H16Cl4N2O2S/c1-25-19-5-3-15-17(19)10-26(20(15)16-9-11(21)2-4-18(16)24)29(27,28)14-7-12(22)6-13(23)8-14/h2,4,6-10,19,25H,3,5H2,1H3. The number of hydrogen-bond donors (Lipinski definition) is 1. The third-order valence-electron chi connectivity index (χ3n) is 5.09. The van der Waals surface area contributed by atoms with Crippen molar-refractivity contribution < 1.29 is 8.42 Å². The molecule has 1 unspecified atom stereocenters. The van der Waals surface area contributed by atoms with Crippen LogP contribution in [0.2, 0.25) is 20.1 Å². The fraction of sp³-hybridized carbons (Fsp3) is 0.200. The summed E-state index contributed by atoms with van der Waals surface area (Å²) in [6.07, 6.45) is 3.24. The van der Waals surface area contributed by atoms with Crippen molar-refractivity contribution in [1.29, 1.82) is 0 Å². The Balaban J connectivity index is 2.02. The van der Waals surface area contributed by atoms with Gasteiger partial charge in [0.2, 0.25) is 0 Å². The molecule has 1 N–H and O–H groups in total. The molecule has 0 amide bonds. The van der Waals surface area contributed by atoms with Crippen molar-refractivity contribution in [2.45, 2.75) is 23.8 Å². The largest absolute Gasteiger partial charge is 0.313 e. The Kier molecular flexibility index (Phi) is 5.66. The lowest BCUT2D eigenvalue weighted by Crippen LogP contribution is -2.16. The van der Waals surface area contributed by atoms with Gasteiger partial charge < -0.3 is 5.32 Å². The Bertz CT molecular complexity index is 1200. The summed E-state index contributed by atoms with van der Waals surface area (Å²) in [5, 5.41) is 4.61. The van der Waals surface area contributed by atoms with E-state index in [4.69, 9.17) is 46.4 Å². The number of aromatic nitrogens is 1. The molecule has 3 aromatic rings. The van der Waals surface area contributed by atoms with Gasteiger partial charge in [-0.05, 0) is 67.4 Å². The normalized spacial score (nSPS) is 16.2. The Morgan fingerprint density at radius 3 is 2.34 bits per heavy atom. The van der Waals surface area contributed by atoms with Crippen LogP contribution in [-0.2, 0) is 16.4 Å². The Hall–Kier alpha value is -1.21. The van der Waals surface area contributed by atoms with Gasteiger partial charge in [-0.2, -0.15) is 0 Å². The summed E-state index contributed by atoms with van der Waals surface area (Å²) in [7, 11) is -2.13. The van der Waals surface area contributed by atoms with Crippen LogP contribution in [0, 0.1) is 0 Å². The number of nitrogens with one attached hydrogen (secondary N) is 1. The van der Waals surface area contributed by atoms with Crippen LogP contribution in [0.1, 0.15) is 23.6 Å². The van der Waals surface area contributed by atoms with Crippen molar-refractivity contribution in [1.82, 2.24) is 9.29 Å². The third-order valence-corrected chi connectivity index (χ3v) is 7.73. The molecule has 2 aromatic carbocycles. The first kappa shape index (κ1) is 21.0. The van der Waals surface area contributed by atoms with Gasteiger partial charge in [-0.25, -0.2) is 12.4 Å². The second-order valence-corrected chi connectivity index (χ2v) is 10.4. The minimum atomic E-state index is -3.98. The first-order chi connectivity index (χ1) is 13.7. The molecule has 4 nitrogen and oxygen atoms in total. The lowest BCUT2D eigenvalue weighted by atomic mass is 10.1. The predicted molar refractivity (Wildman–Crippen MR) is 119 cm³/mol. The summed E-state index contributed by atoms with van der Waals surface area (Å²) in [6.45, 7) is 0. The molecule has 9 heteroatoms. The zero-order valence-electron chi connectivity index (χ0n) is 15.2. The molecule has 4 rings (SSSR count). The third kappa shape index (κ3) is 3.69. The van der Waals surface area contributed by atoms with E-state index in [9.17, 15) is 8.42 Å². The average Bonchev–Trinajstić information content (AvgIpc) is 3.22. The van der Waals surface area contributed by atoms with E-state index in [1.54, 1.807) is 24.4 Å². The highest BCUT2D eigenvalue weighted by atomic mass is 35.5. The lowest BCUT2D eigenvalue weighted by molar-refractivity contribution is 0.579. The Morgan fingerprint density at radius 1 is 1.00 bits per heavy atom. The first-order valence-corrected chi connectivity index (χ1v) is 11.8. The highest BCUT2D eigenvalue weighted by Gasteiger charge is 2.33. The molecule has 1 aliphatic carbocycles. The maximum atomic E-state index is 13.6. The average molecular weight is 490 g/mol. The first-order valence-electron chi connectivity index (χ1n) is 8.81. The molecule has 1 heterocycles. The number of halogens is 4. The molecule has 0 radical (unpaired) electrons. The van der Waals surface area contributed by atoms with E-state index in [0.717, 1.165) is 24.0 Å². The number of nitrogens with zero attached hydrogens (tertiary/aromatic N) is 1. The van der Waals surface area contributed by atoms with Crippen LogP contribution in [0.4, 0.5) is 0 Å². The maximum Gasteiger partial charge on any atom is 0.268 e. The van der Waals surface area contributed by atoms with E-state index < -0.39 is 10.0 Å². The highest BCUT2D eigenvalue weighted by Crippen LogP contribution is 2.43. The van der Waals surface area contributed by atoms with Crippen molar-refractivity contribution in [3.8, 4) is 11.3 Å². The summed E-state index contributed by atoms with van der Waals surface area (Å²) < 4.78 is 28.4. The van der Waals surface area contributed by atoms with Crippen molar-refractivity contribution in [2.75, 3.05) is 7.05 Å². The van der Waals surface area contributed by atoms with E-state index in [1.807, 2.05) is 7.05 Å². The van der Waals surface area contributed by atoms with Gasteiger partial charge in [0.1, 0.15) is 0 Å². The minimum absolute atomic E-state index is 0.00378. The van der Waals surface area contributed by atoms with Crippen LogP contribution in [0.15, 0.2) is 47.5 Å². The van der Waals surface area contributed by atoms with Crippen molar-refractivity contribution in [3.05, 3.63) is 73.8 Å². The topological polar surface area (TPSA) is 51.1 Å². The number of rotatable bonds is 4. The fourth-order valence-corrected chi connectivity index (χ4v) is 6.30. The predicted octanol–water partition coefficient (Wildman–Crippen LogP) is 6.21. The van der Waals surface area contributed by atoms with Gasteiger partial charge >= 0.3 is 0 Å². The lowest BCUT2D eigenvalue weighted by Gasteiger charge is -2.15. The van der Waals surface area contributed by atoms with Crippen LogP contribution in [-0.4, -0.2) is 19.4 Å². The van der Waals surface area contributed by atoms with Crippen LogP contribution >= 0.6 is 46.4 Å². The molecule has 29 heavy (non-hydrogen) atoms. The number of benzene rings is 2.